The first-order valence-corrected chi connectivity index (χ1v) is 11.4. The standard InChI is InChI=1S/C26H24N2O5S/c1-5-14-33-20-12-6-17(7-13-20)22-21(23(29)18-8-10-19(32-4)11-9-18)24(30)25(31)28(22)26-27-15(2)16(3)34-26/h5-13,22,29H,1,14H2,2-4H3/t22-/m0/s1. The Hall–Kier alpha value is -3.91. The first-order valence-electron chi connectivity index (χ1n) is 10.6. The number of benzene rings is 2. The van der Waals surface area contributed by atoms with Gasteiger partial charge in [0.1, 0.15) is 23.9 Å². The van der Waals surface area contributed by atoms with E-state index >= 15 is 0 Å². The largest absolute Gasteiger partial charge is 0.507 e. The van der Waals surface area contributed by atoms with Crippen LogP contribution in [0.5, 0.6) is 11.5 Å². The zero-order chi connectivity index (χ0) is 24.4. The lowest BCUT2D eigenvalue weighted by Crippen LogP contribution is -2.29. The van der Waals surface area contributed by atoms with Crippen molar-refractivity contribution >= 4 is 33.9 Å². The minimum atomic E-state index is -0.847. The van der Waals surface area contributed by atoms with E-state index < -0.39 is 17.7 Å². The van der Waals surface area contributed by atoms with Gasteiger partial charge in [0.25, 0.3) is 5.78 Å². The van der Waals surface area contributed by atoms with Crippen LogP contribution in [-0.4, -0.2) is 35.5 Å². The summed E-state index contributed by atoms with van der Waals surface area (Å²) >= 11 is 1.33. The second-order valence-electron chi connectivity index (χ2n) is 7.70. The number of aromatic nitrogens is 1. The molecule has 7 nitrogen and oxygen atoms in total. The summed E-state index contributed by atoms with van der Waals surface area (Å²) in [6.45, 7) is 7.75. The maximum atomic E-state index is 13.2. The smallest absolute Gasteiger partial charge is 0.301 e. The zero-order valence-corrected chi connectivity index (χ0v) is 19.9. The quantitative estimate of drug-likeness (QED) is 0.224. The topological polar surface area (TPSA) is 89.0 Å². The van der Waals surface area contributed by atoms with Crippen molar-refractivity contribution in [3.05, 3.63) is 88.5 Å². The number of rotatable bonds is 7. The summed E-state index contributed by atoms with van der Waals surface area (Å²) in [7, 11) is 1.54. The van der Waals surface area contributed by atoms with Gasteiger partial charge in [-0.25, -0.2) is 4.98 Å². The first kappa shape index (κ1) is 23.3. The Morgan fingerprint density at radius 2 is 1.76 bits per heavy atom. The van der Waals surface area contributed by atoms with Crippen LogP contribution in [0.3, 0.4) is 0 Å². The monoisotopic (exact) mass is 476 g/mol. The maximum Gasteiger partial charge on any atom is 0.301 e. The molecular formula is C26H24N2O5S. The number of anilines is 1. The van der Waals surface area contributed by atoms with Gasteiger partial charge in [-0.3, -0.25) is 14.5 Å². The van der Waals surface area contributed by atoms with E-state index in [2.05, 4.69) is 11.6 Å². The molecule has 0 aliphatic carbocycles. The first-order chi connectivity index (χ1) is 16.3. The van der Waals surface area contributed by atoms with E-state index in [1.54, 1.807) is 61.7 Å². The van der Waals surface area contributed by atoms with Crippen LogP contribution in [0.2, 0.25) is 0 Å². The van der Waals surface area contributed by atoms with Gasteiger partial charge in [-0.1, -0.05) is 24.8 Å². The highest BCUT2D eigenvalue weighted by Gasteiger charge is 2.48. The van der Waals surface area contributed by atoms with Gasteiger partial charge >= 0.3 is 5.91 Å². The molecule has 1 aliphatic heterocycles. The summed E-state index contributed by atoms with van der Waals surface area (Å²) in [5.74, 6) is -0.531. The van der Waals surface area contributed by atoms with E-state index in [0.29, 0.717) is 34.4 Å². The van der Waals surface area contributed by atoms with Crippen LogP contribution in [0, 0.1) is 13.8 Å². The van der Waals surface area contributed by atoms with Gasteiger partial charge < -0.3 is 14.6 Å². The molecule has 1 aromatic heterocycles. The number of hydrogen-bond donors (Lipinski definition) is 1. The van der Waals surface area contributed by atoms with Crippen molar-refractivity contribution in [3.63, 3.8) is 0 Å². The molecule has 0 radical (unpaired) electrons. The van der Waals surface area contributed by atoms with E-state index in [1.165, 1.54) is 16.2 Å². The van der Waals surface area contributed by atoms with Gasteiger partial charge in [0.2, 0.25) is 0 Å². The minimum absolute atomic E-state index is 0.000401. The van der Waals surface area contributed by atoms with Gasteiger partial charge in [0.05, 0.1) is 24.4 Å². The summed E-state index contributed by atoms with van der Waals surface area (Å²) in [6, 6.07) is 12.9. The normalized spacial score (nSPS) is 17.1. The van der Waals surface area contributed by atoms with E-state index in [1.807, 2.05) is 13.8 Å². The van der Waals surface area contributed by atoms with Gasteiger partial charge in [-0.2, -0.15) is 0 Å². The molecule has 3 aromatic rings. The predicted molar refractivity (Wildman–Crippen MR) is 131 cm³/mol. The average molecular weight is 477 g/mol. The number of Topliss-reactive ketones (excluding diaryl/α,β-unsaturated/α-hetero) is 1. The van der Waals surface area contributed by atoms with Crippen molar-refractivity contribution in [3.8, 4) is 11.5 Å². The molecule has 1 amide bonds. The van der Waals surface area contributed by atoms with Gasteiger partial charge in [-0.15, -0.1) is 11.3 Å². The van der Waals surface area contributed by atoms with E-state index in [0.717, 1.165) is 10.6 Å². The number of carbonyl (C=O) groups excluding carboxylic acids is 2. The summed E-state index contributed by atoms with van der Waals surface area (Å²) in [6.07, 6.45) is 1.64. The molecule has 0 saturated carbocycles. The summed E-state index contributed by atoms with van der Waals surface area (Å²) < 4.78 is 10.7. The Bertz CT molecular complexity index is 1260. The third kappa shape index (κ3) is 4.20. The van der Waals surface area contributed by atoms with Gasteiger partial charge in [-0.05, 0) is 55.8 Å². The van der Waals surface area contributed by atoms with Crippen molar-refractivity contribution in [1.29, 1.82) is 0 Å². The third-order valence-corrected chi connectivity index (χ3v) is 6.67. The predicted octanol–water partition coefficient (Wildman–Crippen LogP) is 4.96. The van der Waals surface area contributed by atoms with Crippen molar-refractivity contribution in [2.45, 2.75) is 19.9 Å². The number of amides is 1. The lowest BCUT2D eigenvalue weighted by atomic mass is 9.95. The lowest BCUT2D eigenvalue weighted by Gasteiger charge is -2.23. The molecule has 8 heteroatoms. The zero-order valence-electron chi connectivity index (χ0n) is 19.1. The SMILES string of the molecule is C=CCOc1ccc([C@H]2C(=C(O)c3ccc(OC)cc3)C(=O)C(=O)N2c2nc(C)c(C)s2)cc1. The fourth-order valence-corrected chi connectivity index (χ4v) is 4.65. The lowest BCUT2D eigenvalue weighted by molar-refractivity contribution is -0.132. The summed E-state index contributed by atoms with van der Waals surface area (Å²) in [5.41, 5.74) is 1.83. The molecule has 1 aliphatic rings. The van der Waals surface area contributed by atoms with E-state index in [9.17, 15) is 14.7 Å². The molecule has 0 spiro atoms. The van der Waals surface area contributed by atoms with Crippen LogP contribution < -0.4 is 14.4 Å². The van der Waals surface area contributed by atoms with Crippen LogP contribution in [-0.2, 0) is 9.59 Å². The van der Waals surface area contributed by atoms with E-state index in [4.69, 9.17) is 9.47 Å². The molecule has 174 valence electrons. The Balaban J connectivity index is 1.86. The molecule has 1 saturated heterocycles. The Kier molecular flexibility index (Phi) is 6.51. The summed E-state index contributed by atoms with van der Waals surface area (Å²) in [4.78, 5) is 33.2. The molecule has 0 bridgehead atoms. The molecule has 4 rings (SSSR count). The second-order valence-corrected chi connectivity index (χ2v) is 8.89. The number of thiazole rings is 1. The van der Waals surface area contributed by atoms with E-state index in [-0.39, 0.29) is 11.3 Å². The molecule has 1 N–H and O–H groups in total. The third-order valence-electron chi connectivity index (χ3n) is 5.59. The number of carbonyl (C=O) groups is 2. The van der Waals surface area contributed by atoms with Crippen LogP contribution in [0.4, 0.5) is 5.13 Å². The summed E-state index contributed by atoms with van der Waals surface area (Å²) in [5, 5.41) is 11.6. The van der Waals surface area contributed by atoms with Gasteiger partial charge in [0, 0.05) is 10.4 Å². The molecule has 0 unspecified atom stereocenters. The maximum absolute atomic E-state index is 13.2. The fraction of sp³-hybridized carbons (Fsp3) is 0.192. The van der Waals surface area contributed by atoms with Crippen molar-refractivity contribution in [2.24, 2.45) is 0 Å². The highest BCUT2D eigenvalue weighted by molar-refractivity contribution is 7.16. The Labute approximate surface area is 201 Å². The number of hydrogen-bond acceptors (Lipinski definition) is 7. The number of ether oxygens (including phenoxy) is 2. The Morgan fingerprint density at radius 3 is 2.32 bits per heavy atom. The molecule has 1 atom stereocenters. The van der Waals surface area contributed by atoms with Crippen molar-refractivity contribution < 1.29 is 24.2 Å². The van der Waals surface area contributed by atoms with Gasteiger partial charge in [0.15, 0.2) is 5.13 Å². The van der Waals surface area contributed by atoms with Crippen LogP contribution >= 0.6 is 11.3 Å². The number of ketones is 1. The fourth-order valence-electron chi connectivity index (χ4n) is 3.71. The highest BCUT2D eigenvalue weighted by atomic mass is 32.1. The highest BCUT2D eigenvalue weighted by Crippen LogP contribution is 2.44. The van der Waals surface area contributed by atoms with Crippen LogP contribution in [0.25, 0.3) is 5.76 Å². The van der Waals surface area contributed by atoms with Crippen molar-refractivity contribution in [1.82, 2.24) is 4.98 Å². The molecular weight excluding hydrogens is 452 g/mol. The molecule has 1 fully saturated rings. The average Bonchev–Trinajstić information content (AvgIpc) is 3.32. The number of aryl methyl sites for hydroxylation is 2. The molecule has 2 aromatic carbocycles. The van der Waals surface area contributed by atoms with Crippen LogP contribution in [0.15, 0.2) is 66.8 Å². The number of aliphatic hydroxyl groups is 1. The number of aliphatic hydroxyl groups excluding tert-OH is 1. The number of methoxy groups -OCH3 is 1. The van der Waals surface area contributed by atoms with Crippen molar-refractivity contribution in [2.75, 3.05) is 18.6 Å². The second kappa shape index (κ2) is 9.52. The minimum Gasteiger partial charge on any atom is -0.507 e. The number of nitrogens with zero attached hydrogens (tertiary/aromatic N) is 2. The molecule has 34 heavy (non-hydrogen) atoms. The van der Waals surface area contributed by atoms with Crippen LogP contribution in [0.1, 0.15) is 27.7 Å². The Morgan fingerprint density at radius 1 is 1.12 bits per heavy atom. The molecule has 2 heterocycles.